The number of benzene rings is 1. The normalized spacial score (nSPS) is 16.1. The molecule has 0 bridgehead atoms. The highest BCUT2D eigenvalue weighted by molar-refractivity contribution is 14.0. The predicted molar refractivity (Wildman–Crippen MR) is 105 cm³/mol. The molecule has 1 unspecified atom stereocenters. The third-order valence-corrected chi connectivity index (χ3v) is 3.90. The maximum Gasteiger partial charge on any atom is 0.232 e. The molecule has 1 aliphatic rings. The van der Waals surface area contributed by atoms with Gasteiger partial charge in [0.2, 0.25) is 5.91 Å². The van der Waals surface area contributed by atoms with Gasteiger partial charge in [0, 0.05) is 31.4 Å². The molecule has 3 rings (SSSR count). The summed E-state index contributed by atoms with van der Waals surface area (Å²) in [6.07, 6.45) is 4.05. The van der Waals surface area contributed by atoms with Crippen LogP contribution in [0.5, 0.6) is 0 Å². The van der Waals surface area contributed by atoms with Crippen molar-refractivity contribution >= 4 is 41.5 Å². The molecule has 0 spiro atoms. The van der Waals surface area contributed by atoms with Crippen LogP contribution in [0.3, 0.4) is 0 Å². The van der Waals surface area contributed by atoms with Crippen LogP contribution in [-0.2, 0) is 11.3 Å². The van der Waals surface area contributed by atoms with Gasteiger partial charge in [0.15, 0.2) is 5.96 Å². The number of nitrogens with zero attached hydrogens (tertiary/aromatic N) is 1. The van der Waals surface area contributed by atoms with Crippen molar-refractivity contribution in [2.24, 2.45) is 4.99 Å². The minimum absolute atomic E-state index is 0. The molecule has 2 heterocycles. The number of carbonyl (C=O) groups is 1. The number of rotatable bonds is 5. The van der Waals surface area contributed by atoms with Crippen LogP contribution in [0.25, 0.3) is 0 Å². The highest BCUT2D eigenvalue weighted by atomic mass is 127. The summed E-state index contributed by atoms with van der Waals surface area (Å²) < 4.78 is 5.03. The zero-order valence-electron chi connectivity index (χ0n) is 13.4. The summed E-state index contributed by atoms with van der Waals surface area (Å²) in [4.78, 5) is 16.2. The van der Waals surface area contributed by atoms with Crippen LogP contribution in [-0.4, -0.2) is 25.5 Å². The van der Waals surface area contributed by atoms with Gasteiger partial charge in [-0.25, -0.2) is 0 Å². The number of nitrogens with one attached hydrogen (secondary N) is 3. The number of amides is 1. The van der Waals surface area contributed by atoms with Crippen LogP contribution < -0.4 is 16.0 Å². The molecule has 24 heavy (non-hydrogen) atoms. The molecule has 1 aromatic carbocycles. The number of hydrogen-bond acceptors (Lipinski definition) is 3. The summed E-state index contributed by atoms with van der Waals surface area (Å²) in [5.41, 5.74) is 3.04. The van der Waals surface area contributed by atoms with Crippen molar-refractivity contribution in [2.45, 2.75) is 18.9 Å². The second-order valence-electron chi connectivity index (χ2n) is 5.40. The second kappa shape index (κ2) is 8.72. The van der Waals surface area contributed by atoms with E-state index in [1.54, 1.807) is 19.6 Å². The standard InChI is InChI=1S/C17H20N4O2.HI/c1-18-17(20-10-12-7-9-23-11-12)19-8-6-14-13-4-2-3-5-15(13)21-16(14)22;/h2-5,7,9,11,14H,6,8,10H2,1H3,(H,21,22)(H2,18,19,20);1H. The average molecular weight is 440 g/mol. The van der Waals surface area contributed by atoms with Crippen LogP contribution in [0.4, 0.5) is 5.69 Å². The smallest absolute Gasteiger partial charge is 0.232 e. The third kappa shape index (κ3) is 4.28. The lowest BCUT2D eigenvalue weighted by molar-refractivity contribution is -0.117. The number of fused-ring (bicyclic) bond motifs is 1. The molecule has 0 saturated heterocycles. The molecule has 1 amide bonds. The average Bonchev–Trinajstić information content (AvgIpc) is 3.18. The van der Waals surface area contributed by atoms with Gasteiger partial charge >= 0.3 is 0 Å². The first-order valence-corrected chi connectivity index (χ1v) is 7.63. The largest absolute Gasteiger partial charge is 0.472 e. The summed E-state index contributed by atoms with van der Waals surface area (Å²) in [6.45, 7) is 1.31. The quantitative estimate of drug-likeness (QED) is 0.380. The Morgan fingerprint density at radius 3 is 2.88 bits per heavy atom. The maximum absolute atomic E-state index is 12.1. The number of para-hydroxylation sites is 1. The molecular formula is C17H21IN4O2. The van der Waals surface area contributed by atoms with E-state index in [2.05, 4.69) is 20.9 Å². The van der Waals surface area contributed by atoms with E-state index in [-0.39, 0.29) is 35.8 Å². The Morgan fingerprint density at radius 1 is 1.29 bits per heavy atom. The minimum atomic E-state index is -0.106. The fraction of sp³-hybridized carbons (Fsp3) is 0.294. The van der Waals surface area contributed by atoms with Crippen molar-refractivity contribution in [3.8, 4) is 0 Å². The van der Waals surface area contributed by atoms with E-state index >= 15 is 0 Å². The zero-order valence-corrected chi connectivity index (χ0v) is 15.7. The number of guanidine groups is 1. The maximum atomic E-state index is 12.1. The lowest BCUT2D eigenvalue weighted by Crippen LogP contribution is -2.37. The molecule has 1 atom stereocenters. The fourth-order valence-corrected chi connectivity index (χ4v) is 2.70. The monoisotopic (exact) mass is 440 g/mol. The molecule has 1 aromatic heterocycles. The molecule has 128 valence electrons. The van der Waals surface area contributed by atoms with Gasteiger partial charge in [-0.1, -0.05) is 18.2 Å². The zero-order chi connectivity index (χ0) is 16.1. The van der Waals surface area contributed by atoms with Crippen molar-refractivity contribution in [2.75, 3.05) is 18.9 Å². The molecule has 0 saturated carbocycles. The van der Waals surface area contributed by atoms with Crippen molar-refractivity contribution in [1.29, 1.82) is 0 Å². The molecule has 0 fully saturated rings. The van der Waals surface area contributed by atoms with Crippen molar-refractivity contribution in [1.82, 2.24) is 10.6 Å². The number of anilines is 1. The number of halogens is 1. The lowest BCUT2D eigenvalue weighted by atomic mass is 9.97. The Kier molecular flexibility index (Phi) is 6.65. The summed E-state index contributed by atoms with van der Waals surface area (Å²) in [7, 11) is 1.72. The number of furan rings is 1. The highest BCUT2D eigenvalue weighted by Gasteiger charge is 2.29. The second-order valence-corrected chi connectivity index (χ2v) is 5.40. The van der Waals surface area contributed by atoms with E-state index in [0.717, 1.165) is 23.2 Å². The Hall–Kier alpha value is -2.03. The SMILES string of the molecule is CN=C(NCCC1C(=O)Nc2ccccc21)NCc1ccoc1.I. The van der Waals surface area contributed by atoms with E-state index < -0.39 is 0 Å². The van der Waals surface area contributed by atoms with E-state index in [9.17, 15) is 4.79 Å². The van der Waals surface area contributed by atoms with Crippen LogP contribution in [0.2, 0.25) is 0 Å². The number of hydrogen-bond donors (Lipinski definition) is 3. The predicted octanol–water partition coefficient (Wildman–Crippen LogP) is 2.69. The first kappa shape index (κ1) is 18.3. The van der Waals surface area contributed by atoms with Crippen molar-refractivity contribution < 1.29 is 9.21 Å². The molecule has 1 aliphatic heterocycles. The van der Waals surface area contributed by atoms with Gasteiger partial charge in [-0.05, 0) is 24.1 Å². The molecule has 3 N–H and O–H groups in total. The van der Waals surface area contributed by atoms with Crippen LogP contribution >= 0.6 is 24.0 Å². The van der Waals surface area contributed by atoms with Gasteiger partial charge in [0.05, 0.1) is 18.4 Å². The first-order chi connectivity index (χ1) is 11.3. The van der Waals surface area contributed by atoms with Gasteiger partial charge in [-0.15, -0.1) is 24.0 Å². The third-order valence-electron chi connectivity index (χ3n) is 3.90. The first-order valence-electron chi connectivity index (χ1n) is 7.63. The topological polar surface area (TPSA) is 78.7 Å². The summed E-state index contributed by atoms with van der Waals surface area (Å²) >= 11 is 0. The molecule has 2 aromatic rings. The number of aliphatic imine (C=N–C) groups is 1. The summed E-state index contributed by atoms with van der Waals surface area (Å²) in [5.74, 6) is 0.665. The molecule has 7 heteroatoms. The molecule has 0 aliphatic carbocycles. The Balaban J connectivity index is 0.00000208. The molecule has 0 radical (unpaired) electrons. The van der Waals surface area contributed by atoms with E-state index in [1.165, 1.54) is 0 Å². The van der Waals surface area contributed by atoms with Gasteiger partial charge in [-0.2, -0.15) is 0 Å². The summed E-state index contributed by atoms with van der Waals surface area (Å²) in [6, 6.07) is 9.74. The van der Waals surface area contributed by atoms with E-state index in [0.29, 0.717) is 19.0 Å². The van der Waals surface area contributed by atoms with Crippen LogP contribution in [0.1, 0.15) is 23.5 Å². The van der Waals surface area contributed by atoms with Gasteiger partial charge in [0.1, 0.15) is 0 Å². The Labute approximate surface area is 158 Å². The van der Waals surface area contributed by atoms with Crippen LogP contribution in [0, 0.1) is 0 Å². The van der Waals surface area contributed by atoms with Gasteiger partial charge in [0.25, 0.3) is 0 Å². The van der Waals surface area contributed by atoms with Crippen LogP contribution in [0.15, 0.2) is 52.3 Å². The molecular weight excluding hydrogens is 419 g/mol. The molecule has 6 nitrogen and oxygen atoms in total. The van der Waals surface area contributed by atoms with Crippen molar-refractivity contribution in [3.63, 3.8) is 0 Å². The van der Waals surface area contributed by atoms with E-state index in [1.807, 2.05) is 30.3 Å². The van der Waals surface area contributed by atoms with Gasteiger partial charge in [-0.3, -0.25) is 9.79 Å². The number of carbonyl (C=O) groups excluding carboxylic acids is 1. The Bertz CT molecular complexity index is 700. The lowest BCUT2D eigenvalue weighted by Gasteiger charge is -2.13. The summed E-state index contributed by atoms with van der Waals surface area (Å²) in [5, 5.41) is 9.36. The van der Waals surface area contributed by atoms with Gasteiger partial charge < -0.3 is 20.4 Å². The Morgan fingerprint density at radius 2 is 2.12 bits per heavy atom. The fourth-order valence-electron chi connectivity index (χ4n) is 2.70. The van der Waals surface area contributed by atoms with E-state index in [4.69, 9.17) is 4.42 Å². The van der Waals surface area contributed by atoms with Crippen molar-refractivity contribution in [3.05, 3.63) is 54.0 Å². The highest BCUT2D eigenvalue weighted by Crippen LogP contribution is 2.33. The minimum Gasteiger partial charge on any atom is -0.472 e.